The van der Waals surface area contributed by atoms with E-state index in [-0.39, 0.29) is 0 Å². The van der Waals surface area contributed by atoms with Crippen molar-refractivity contribution in [3.63, 3.8) is 0 Å². The summed E-state index contributed by atoms with van der Waals surface area (Å²) in [4.78, 5) is 11.5. The van der Waals surface area contributed by atoms with Crippen LogP contribution in [0.4, 0.5) is 0 Å². The molecule has 2 aliphatic rings. The number of Topliss-reactive ketones (excluding diaryl/α,β-unsaturated/α-hetero) is 1. The molecule has 104 valence electrons. The third kappa shape index (κ3) is 5.80. The molecule has 0 aromatic rings. The van der Waals surface area contributed by atoms with E-state index in [4.69, 9.17) is 0 Å². The Morgan fingerprint density at radius 2 is 1.44 bits per heavy atom. The van der Waals surface area contributed by atoms with E-state index in [2.05, 4.69) is 0 Å². The van der Waals surface area contributed by atoms with Gasteiger partial charge >= 0.3 is 0 Å². The van der Waals surface area contributed by atoms with Crippen molar-refractivity contribution in [2.45, 2.75) is 71.1 Å². The molecule has 0 radical (unpaired) electrons. The van der Waals surface area contributed by atoms with Crippen molar-refractivity contribution < 1.29 is 13.2 Å². The van der Waals surface area contributed by atoms with Crippen LogP contribution in [0.3, 0.4) is 0 Å². The maximum atomic E-state index is 10.8. The van der Waals surface area contributed by atoms with Gasteiger partial charge in [0.2, 0.25) is 10.3 Å². The van der Waals surface area contributed by atoms with Crippen LogP contribution in [0.15, 0.2) is 0 Å². The highest BCUT2D eigenvalue weighted by atomic mass is 32.2. The number of hydrogen-bond acceptors (Lipinski definition) is 3. The van der Waals surface area contributed by atoms with Crippen LogP contribution in [0, 0.1) is 5.92 Å². The van der Waals surface area contributed by atoms with Crippen molar-refractivity contribution in [3.8, 4) is 0 Å². The summed E-state index contributed by atoms with van der Waals surface area (Å²) in [5.41, 5.74) is 0. The van der Waals surface area contributed by atoms with Gasteiger partial charge in [-0.25, -0.2) is 0 Å². The molecule has 0 heterocycles. The smallest absolute Gasteiger partial charge is 0.213 e. The van der Waals surface area contributed by atoms with Crippen LogP contribution in [0.5, 0.6) is 0 Å². The van der Waals surface area contributed by atoms with Crippen molar-refractivity contribution in [1.82, 2.24) is 0 Å². The molecule has 3 nitrogen and oxygen atoms in total. The minimum absolute atomic E-state index is 0.398. The van der Waals surface area contributed by atoms with Crippen molar-refractivity contribution >= 4 is 20.9 Å². The second-order valence-electron chi connectivity index (χ2n) is 5.28. The fraction of sp³-hybridized carbons (Fsp3) is 0.857. The molecule has 2 saturated carbocycles. The van der Waals surface area contributed by atoms with E-state index in [0.29, 0.717) is 11.7 Å². The molecule has 18 heavy (non-hydrogen) atoms. The lowest BCUT2D eigenvalue weighted by Gasteiger charge is -2.17. The van der Waals surface area contributed by atoms with Gasteiger partial charge in [0.15, 0.2) is 0 Å². The molecule has 2 aliphatic carbocycles. The van der Waals surface area contributed by atoms with Crippen LogP contribution in [0.2, 0.25) is 0 Å². The van der Waals surface area contributed by atoms with Gasteiger partial charge in [-0.3, -0.25) is 4.79 Å². The van der Waals surface area contributed by atoms with Gasteiger partial charge in [0, 0.05) is 10.8 Å². The average Bonchev–Trinajstić information content (AvgIpc) is 2.41. The molecular weight excluding hydrogens is 248 g/mol. The van der Waals surface area contributed by atoms with E-state index in [9.17, 15) is 13.2 Å². The Kier molecular flexibility index (Phi) is 7.25. The fourth-order valence-electron chi connectivity index (χ4n) is 2.62. The predicted octanol–water partition coefficient (Wildman–Crippen LogP) is 3.16. The first-order chi connectivity index (χ1) is 8.61. The normalized spacial score (nSPS) is 20.8. The topological polar surface area (TPSA) is 51.2 Å². The SMILES string of the molecule is CC(=O)C1CCCCC1.O=S(=O)=C1CCCCC1. The van der Waals surface area contributed by atoms with E-state index in [1.54, 1.807) is 6.92 Å². The van der Waals surface area contributed by atoms with E-state index >= 15 is 0 Å². The van der Waals surface area contributed by atoms with E-state index in [1.807, 2.05) is 0 Å². The zero-order valence-corrected chi connectivity index (χ0v) is 12.1. The van der Waals surface area contributed by atoms with Crippen LogP contribution < -0.4 is 0 Å². The first kappa shape index (κ1) is 15.4. The highest BCUT2D eigenvalue weighted by molar-refractivity contribution is 7.73. The van der Waals surface area contributed by atoms with Crippen LogP contribution in [0.25, 0.3) is 0 Å². The summed E-state index contributed by atoms with van der Waals surface area (Å²) in [5, 5.41) is 0. The first-order valence-electron chi connectivity index (χ1n) is 7.05. The molecule has 0 bridgehead atoms. The predicted molar refractivity (Wildman–Crippen MR) is 74.3 cm³/mol. The molecule has 2 rings (SSSR count). The number of ketones is 1. The molecular formula is C14H24O3S. The quantitative estimate of drug-likeness (QED) is 0.689. The molecule has 2 fully saturated rings. The summed E-state index contributed by atoms with van der Waals surface area (Å²) in [7, 11) is -1.89. The Balaban J connectivity index is 0.000000180. The number of hydrogen-bond donors (Lipinski definition) is 0. The molecule has 0 aromatic carbocycles. The fourth-order valence-corrected chi connectivity index (χ4v) is 3.24. The van der Waals surface area contributed by atoms with Crippen molar-refractivity contribution in [3.05, 3.63) is 0 Å². The molecule has 0 spiro atoms. The Morgan fingerprint density at radius 1 is 0.944 bits per heavy atom. The van der Waals surface area contributed by atoms with Gasteiger partial charge in [-0.2, -0.15) is 8.42 Å². The Hall–Kier alpha value is -0.640. The Bertz CT molecular complexity index is 373. The first-order valence-corrected chi connectivity index (χ1v) is 8.13. The van der Waals surface area contributed by atoms with Crippen LogP contribution in [0.1, 0.15) is 71.1 Å². The summed E-state index contributed by atoms with van der Waals surface area (Å²) < 4.78 is 20.6. The third-order valence-corrected chi connectivity index (χ3v) is 4.71. The average molecular weight is 272 g/mol. The molecule has 0 aliphatic heterocycles. The van der Waals surface area contributed by atoms with Crippen LogP contribution in [-0.2, 0) is 15.1 Å². The van der Waals surface area contributed by atoms with Gasteiger partial charge in [0.05, 0.1) is 0 Å². The molecule has 0 atom stereocenters. The van der Waals surface area contributed by atoms with E-state index < -0.39 is 10.3 Å². The minimum Gasteiger partial charge on any atom is -0.300 e. The monoisotopic (exact) mass is 272 g/mol. The molecule has 0 saturated heterocycles. The zero-order valence-electron chi connectivity index (χ0n) is 11.3. The minimum atomic E-state index is -1.89. The van der Waals surface area contributed by atoms with E-state index in [0.717, 1.165) is 43.4 Å². The summed E-state index contributed by atoms with van der Waals surface area (Å²) in [6, 6.07) is 0. The second kappa shape index (κ2) is 8.46. The van der Waals surface area contributed by atoms with Gasteiger partial charge in [-0.15, -0.1) is 0 Å². The van der Waals surface area contributed by atoms with Crippen LogP contribution in [-0.4, -0.2) is 19.1 Å². The molecule has 0 N–H and O–H groups in total. The highest BCUT2D eigenvalue weighted by Crippen LogP contribution is 2.23. The standard InChI is InChI=1S/C8H14O.C6H10O2S/c1-7(9)8-5-3-2-4-6-8;7-9(8)6-4-2-1-3-5-6/h8H,2-6H2,1H3;1-5H2. The van der Waals surface area contributed by atoms with E-state index in [1.165, 1.54) is 25.7 Å². The number of carbonyl (C=O) groups is 1. The highest BCUT2D eigenvalue weighted by Gasteiger charge is 2.16. The van der Waals surface area contributed by atoms with Crippen LogP contribution >= 0.6 is 0 Å². The van der Waals surface area contributed by atoms with Gasteiger partial charge in [-0.1, -0.05) is 25.7 Å². The molecule has 0 aromatic heterocycles. The Morgan fingerprint density at radius 3 is 1.78 bits per heavy atom. The lowest BCUT2D eigenvalue weighted by atomic mass is 9.87. The third-order valence-electron chi connectivity index (χ3n) is 3.83. The van der Waals surface area contributed by atoms with Gasteiger partial charge < -0.3 is 0 Å². The zero-order chi connectivity index (χ0) is 13.4. The maximum absolute atomic E-state index is 10.8. The van der Waals surface area contributed by atoms with Crippen molar-refractivity contribution in [2.75, 3.05) is 0 Å². The Labute approximate surface area is 112 Å². The number of carbonyl (C=O) groups excluding carboxylic acids is 1. The largest absolute Gasteiger partial charge is 0.300 e. The summed E-state index contributed by atoms with van der Waals surface area (Å²) >= 11 is 0. The van der Waals surface area contributed by atoms with Crippen molar-refractivity contribution in [1.29, 1.82) is 0 Å². The summed E-state index contributed by atoms with van der Waals surface area (Å²) in [5.74, 6) is 0.813. The molecule has 4 heteroatoms. The number of rotatable bonds is 1. The van der Waals surface area contributed by atoms with Gasteiger partial charge in [-0.05, 0) is 45.4 Å². The summed E-state index contributed by atoms with van der Waals surface area (Å²) in [6.07, 6.45) is 11.1. The van der Waals surface area contributed by atoms with Gasteiger partial charge in [0.1, 0.15) is 5.78 Å². The summed E-state index contributed by atoms with van der Waals surface area (Å²) in [6.45, 7) is 1.72. The van der Waals surface area contributed by atoms with Gasteiger partial charge in [0.25, 0.3) is 0 Å². The molecule has 0 unspecified atom stereocenters. The lowest BCUT2D eigenvalue weighted by Crippen LogP contribution is -2.13. The lowest BCUT2D eigenvalue weighted by molar-refractivity contribution is -0.121. The molecule has 0 amide bonds. The maximum Gasteiger partial charge on any atom is 0.213 e. The second-order valence-corrected chi connectivity index (χ2v) is 6.33. The van der Waals surface area contributed by atoms with Crippen molar-refractivity contribution in [2.24, 2.45) is 5.92 Å².